The largest absolute Gasteiger partial charge is 0.507 e. The summed E-state index contributed by atoms with van der Waals surface area (Å²) in [6, 6.07) is 11.3. The van der Waals surface area contributed by atoms with Gasteiger partial charge in [-0.15, -0.1) is 0 Å². The zero-order valence-electron chi connectivity index (χ0n) is 23.3. The molecule has 1 heterocycles. The van der Waals surface area contributed by atoms with Gasteiger partial charge in [0.15, 0.2) is 0 Å². The Labute approximate surface area is 224 Å². The van der Waals surface area contributed by atoms with Crippen LogP contribution in [0.4, 0.5) is 0 Å². The number of aliphatic hydroxyl groups is 1. The Hall–Kier alpha value is -3.65. The summed E-state index contributed by atoms with van der Waals surface area (Å²) in [5.41, 5.74) is 1.69. The number of amides is 1. The molecule has 8 nitrogen and oxygen atoms in total. The molecule has 1 fully saturated rings. The first-order chi connectivity index (χ1) is 17.9. The second-order valence-corrected chi connectivity index (χ2v) is 10.3. The van der Waals surface area contributed by atoms with Gasteiger partial charge in [0.1, 0.15) is 17.3 Å². The summed E-state index contributed by atoms with van der Waals surface area (Å²) in [7, 11) is 1.50. The minimum absolute atomic E-state index is 0.000794. The molecular weight excluding hydrogens is 484 g/mol. The van der Waals surface area contributed by atoms with E-state index in [1.54, 1.807) is 36.4 Å². The van der Waals surface area contributed by atoms with E-state index < -0.39 is 23.7 Å². The average Bonchev–Trinajstić information content (AvgIpc) is 3.13. The molecule has 3 rings (SSSR count). The van der Waals surface area contributed by atoms with Crippen LogP contribution in [0.3, 0.4) is 0 Å². The van der Waals surface area contributed by atoms with E-state index >= 15 is 0 Å². The number of ether oxygens (including phenoxy) is 2. The van der Waals surface area contributed by atoms with Crippen LogP contribution in [0.1, 0.15) is 64.3 Å². The van der Waals surface area contributed by atoms with Crippen LogP contribution in [-0.2, 0) is 19.8 Å². The summed E-state index contributed by atoms with van der Waals surface area (Å²) in [6.45, 7) is 14.0. The molecule has 204 valence electrons. The van der Waals surface area contributed by atoms with Crippen LogP contribution < -0.4 is 9.47 Å². The Morgan fingerprint density at radius 2 is 1.68 bits per heavy atom. The summed E-state index contributed by atoms with van der Waals surface area (Å²) in [4.78, 5) is 41.8. The van der Waals surface area contributed by atoms with Gasteiger partial charge in [-0.25, -0.2) is 0 Å². The van der Waals surface area contributed by atoms with E-state index in [1.165, 1.54) is 18.9 Å². The molecule has 1 unspecified atom stereocenters. The smallest absolute Gasteiger partial charge is 0.308 e. The molecular formula is C30H38N2O6. The number of hydrogen-bond donors (Lipinski definition) is 1. The van der Waals surface area contributed by atoms with Crippen molar-refractivity contribution in [3.8, 4) is 11.5 Å². The lowest BCUT2D eigenvalue weighted by Gasteiger charge is -2.28. The maximum Gasteiger partial charge on any atom is 0.308 e. The fourth-order valence-electron chi connectivity index (χ4n) is 4.63. The predicted molar refractivity (Wildman–Crippen MR) is 146 cm³/mol. The molecule has 1 atom stereocenters. The summed E-state index contributed by atoms with van der Waals surface area (Å²) in [6.07, 6.45) is 0. The van der Waals surface area contributed by atoms with Gasteiger partial charge in [0, 0.05) is 20.0 Å². The Bertz CT molecular complexity index is 1220. The second kappa shape index (κ2) is 11.8. The highest BCUT2D eigenvalue weighted by atomic mass is 16.5. The van der Waals surface area contributed by atoms with Crippen molar-refractivity contribution in [3.05, 3.63) is 64.7 Å². The molecule has 0 radical (unpaired) electrons. The minimum Gasteiger partial charge on any atom is -0.507 e. The number of benzene rings is 2. The van der Waals surface area contributed by atoms with Crippen LogP contribution in [0.15, 0.2) is 48.0 Å². The molecule has 8 heteroatoms. The number of likely N-dealkylation sites (tertiary alicyclic amines) is 1. The summed E-state index contributed by atoms with van der Waals surface area (Å²) in [5, 5.41) is 11.6. The van der Waals surface area contributed by atoms with E-state index in [-0.39, 0.29) is 16.7 Å². The summed E-state index contributed by atoms with van der Waals surface area (Å²) >= 11 is 0. The number of carbonyl (C=O) groups excluding carboxylic acids is 3. The van der Waals surface area contributed by atoms with Gasteiger partial charge in [-0.05, 0) is 53.9 Å². The van der Waals surface area contributed by atoms with Gasteiger partial charge in [-0.1, -0.05) is 52.8 Å². The zero-order chi connectivity index (χ0) is 28.2. The lowest BCUT2D eigenvalue weighted by Crippen LogP contribution is -2.38. The molecule has 1 N–H and O–H groups in total. The Morgan fingerprint density at radius 1 is 1.05 bits per heavy atom. The molecule has 1 saturated heterocycles. The van der Waals surface area contributed by atoms with E-state index in [9.17, 15) is 19.5 Å². The number of carbonyl (C=O) groups is 3. The van der Waals surface area contributed by atoms with Crippen LogP contribution in [-0.4, -0.2) is 65.9 Å². The third kappa shape index (κ3) is 6.07. The Kier molecular flexibility index (Phi) is 8.99. The number of nitrogens with zero attached hydrogens (tertiary/aromatic N) is 2. The van der Waals surface area contributed by atoms with E-state index in [1.807, 2.05) is 19.9 Å². The lowest BCUT2D eigenvalue weighted by atomic mass is 9.85. The lowest BCUT2D eigenvalue weighted by molar-refractivity contribution is -0.140. The standard InChI is InChI=1S/C30H38N2O6/c1-8-31(9-2)16-17-32-26(20-10-13-22(14-11-20)38-19(3)33)25(28(35)29(32)36)27(34)23-18-21(30(4,5)6)12-15-24(23)37-7/h10-15,18,26,34H,8-9,16-17H2,1-7H3/b27-25+. The molecule has 38 heavy (non-hydrogen) atoms. The van der Waals surface area contributed by atoms with Crippen LogP contribution in [0.2, 0.25) is 0 Å². The fraction of sp³-hybridized carbons (Fsp3) is 0.433. The monoisotopic (exact) mass is 522 g/mol. The van der Waals surface area contributed by atoms with Gasteiger partial charge >= 0.3 is 5.97 Å². The van der Waals surface area contributed by atoms with Crippen molar-refractivity contribution in [2.45, 2.75) is 53.0 Å². The molecule has 1 aliphatic heterocycles. The molecule has 0 aliphatic carbocycles. The molecule has 2 aromatic rings. The predicted octanol–water partition coefficient (Wildman–Crippen LogP) is 4.68. The fourth-order valence-corrected chi connectivity index (χ4v) is 4.63. The molecule has 0 saturated carbocycles. The highest BCUT2D eigenvalue weighted by Crippen LogP contribution is 2.42. The van der Waals surface area contributed by atoms with Crippen molar-refractivity contribution in [2.75, 3.05) is 33.3 Å². The Balaban J connectivity index is 2.19. The van der Waals surface area contributed by atoms with Crippen molar-refractivity contribution in [2.24, 2.45) is 0 Å². The van der Waals surface area contributed by atoms with Crippen LogP contribution >= 0.6 is 0 Å². The van der Waals surface area contributed by atoms with E-state index in [4.69, 9.17) is 9.47 Å². The molecule has 0 bridgehead atoms. The highest BCUT2D eigenvalue weighted by molar-refractivity contribution is 6.46. The van der Waals surface area contributed by atoms with Gasteiger partial charge in [-0.3, -0.25) is 14.4 Å². The maximum absolute atomic E-state index is 13.5. The molecule has 0 aromatic heterocycles. The summed E-state index contributed by atoms with van der Waals surface area (Å²) < 4.78 is 10.7. The third-order valence-electron chi connectivity index (χ3n) is 6.87. The average molecular weight is 523 g/mol. The van der Waals surface area contributed by atoms with Gasteiger partial charge in [0.2, 0.25) is 0 Å². The van der Waals surface area contributed by atoms with Crippen molar-refractivity contribution < 1.29 is 29.0 Å². The van der Waals surface area contributed by atoms with Crippen LogP contribution in [0, 0.1) is 0 Å². The van der Waals surface area contributed by atoms with Crippen molar-refractivity contribution in [3.63, 3.8) is 0 Å². The van der Waals surface area contributed by atoms with Gasteiger partial charge < -0.3 is 24.4 Å². The van der Waals surface area contributed by atoms with Gasteiger partial charge in [-0.2, -0.15) is 0 Å². The third-order valence-corrected chi connectivity index (χ3v) is 6.87. The zero-order valence-corrected chi connectivity index (χ0v) is 23.3. The number of Topliss-reactive ketones (excluding diaryl/α,β-unsaturated/α-hetero) is 1. The van der Waals surface area contributed by atoms with Crippen LogP contribution in [0.25, 0.3) is 5.76 Å². The molecule has 0 spiro atoms. The number of esters is 1. The van der Waals surface area contributed by atoms with E-state index in [0.29, 0.717) is 35.7 Å². The number of rotatable bonds is 9. The number of hydrogen-bond acceptors (Lipinski definition) is 7. The van der Waals surface area contributed by atoms with Crippen LogP contribution in [0.5, 0.6) is 11.5 Å². The topological polar surface area (TPSA) is 96.4 Å². The normalized spacial score (nSPS) is 17.3. The molecule has 2 aromatic carbocycles. The maximum atomic E-state index is 13.5. The van der Waals surface area contributed by atoms with E-state index in [2.05, 4.69) is 25.7 Å². The van der Waals surface area contributed by atoms with Crippen molar-refractivity contribution in [1.82, 2.24) is 9.80 Å². The number of likely N-dealkylation sites (N-methyl/N-ethyl adjacent to an activating group) is 1. The quantitative estimate of drug-likeness (QED) is 0.168. The number of aliphatic hydroxyl groups excluding tert-OH is 1. The van der Waals surface area contributed by atoms with Gasteiger partial charge in [0.25, 0.3) is 11.7 Å². The molecule has 1 amide bonds. The summed E-state index contributed by atoms with van der Waals surface area (Å²) in [5.74, 6) is -1.41. The second-order valence-electron chi connectivity index (χ2n) is 10.3. The van der Waals surface area contributed by atoms with Crippen molar-refractivity contribution >= 4 is 23.4 Å². The Morgan fingerprint density at radius 3 is 2.21 bits per heavy atom. The number of methoxy groups -OCH3 is 1. The SMILES string of the molecule is CCN(CC)CCN1C(=O)C(=O)/C(=C(/O)c2cc(C(C)(C)C)ccc2OC)C1c1ccc(OC(C)=O)cc1. The van der Waals surface area contributed by atoms with Crippen molar-refractivity contribution in [1.29, 1.82) is 0 Å². The minimum atomic E-state index is -0.820. The highest BCUT2D eigenvalue weighted by Gasteiger charge is 2.46. The number of ketones is 1. The molecule has 1 aliphatic rings. The van der Waals surface area contributed by atoms with E-state index in [0.717, 1.165) is 18.7 Å². The first kappa shape index (κ1) is 28.9. The first-order valence-electron chi connectivity index (χ1n) is 12.9. The van der Waals surface area contributed by atoms with Gasteiger partial charge in [0.05, 0.1) is 24.3 Å². The first-order valence-corrected chi connectivity index (χ1v) is 12.9.